The first kappa shape index (κ1) is 12.6. The number of halogens is 1. The molecule has 0 amide bonds. The summed E-state index contributed by atoms with van der Waals surface area (Å²) < 4.78 is 1.01. The van der Waals surface area contributed by atoms with Gasteiger partial charge in [-0.15, -0.1) is 0 Å². The van der Waals surface area contributed by atoms with Crippen LogP contribution in [-0.4, -0.2) is 23.4 Å². The summed E-state index contributed by atoms with van der Waals surface area (Å²) in [5.74, 6) is 1.16. The summed E-state index contributed by atoms with van der Waals surface area (Å²) in [6.07, 6.45) is 3.23. The number of rotatable bonds is 2. The van der Waals surface area contributed by atoms with Crippen molar-refractivity contribution >= 4 is 27.5 Å². The van der Waals surface area contributed by atoms with E-state index in [1.807, 2.05) is 19.1 Å². The number of piperidine rings is 1. The third-order valence-electron chi connectivity index (χ3n) is 3.27. The summed E-state index contributed by atoms with van der Waals surface area (Å²) in [6, 6.07) is 4.00. The van der Waals surface area contributed by atoms with Crippen LogP contribution in [0.2, 0.25) is 0 Å². The molecular weight excluding hydrogens is 280 g/mol. The molecule has 1 saturated heterocycles. The molecule has 4 heteroatoms. The Morgan fingerprint density at radius 1 is 1.47 bits per heavy atom. The van der Waals surface area contributed by atoms with Crippen LogP contribution in [0.4, 0.5) is 5.82 Å². The van der Waals surface area contributed by atoms with E-state index in [2.05, 4.69) is 25.8 Å². The minimum Gasteiger partial charge on any atom is -0.347 e. The van der Waals surface area contributed by atoms with E-state index in [-0.39, 0.29) is 11.8 Å². The number of aryl methyl sites for hydroxylation is 1. The summed E-state index contributed by atoms with van der Waals surface area (Å²) in [5.41, 5.74) is 0.968. The lowest BCUT2D eigenvalue weighted by Gasteiger charge is -2.35. The second kappa shape index (κ2) is 5.17. The molecule has 0 aliphatic carbocycles. The van der Waals surface area contributed by atoms with Gasteiger partial charge in [0.25, 0.3) is 0 Å². The Kier molecular flexibility index (Phi) is 3.82. The summed E-state index contributed by atoms with van der Waals surface area (Å²) in [6.45, 7) is 4.58. The second-order valence-electron chi connectivity index (χ2n) is 4.55. The van der Waals surface area contributed by atoms with Gasteiger partial charge in [0.05, 0.1) is 11.7 Å². The number of hydrogen-bond acceptors (Lipinski definition) is 3. The van der Waals surface area contributed by atoms with Crippen LogP contribution >= 0.6 is 15.9 Å². The molecule has 3 nitrogen and oxygen atoms in total. The van der Waals surface area contributed by atoms with Crippen LogP contribution in [-0.2, 0) is 4.79 Å². The molecule has 0 aromatic carbocycles. The van der Waals surface area contributed by atoms with E-state index in [1.165, 1.54) is 0 Å². The average Bonchev–Trinajstić information content (AvgIpc) is 2.32. The molecule has 1 aromatic rings. The van der Waals surface area contributed by atoms with Crippen molar-refractivity contribution in [3.63, 3.8) is 0 Å². The summed E-state index contributed by atoms with van der Waals surface area (Å²) in [5, 5.41) is 0. The molecule has 0 saturated carbocycles. The molecule has 1 aliphatic rings. The quantitative estimate of drug-likeness (QED) is 0.841. The highest BCUT2D eigenvalue weighted by atomic mass is 79.9. The van der Waals surface area contributed by atoms with Crippen LogP contribution in [0.5, 0.6) is 0 Å². The Bertz CT molecular complexity index is 433. The maximum absolute atomic E-state index is 11.7. The Hall–Kier alpha value is -0.900. The molecule has 1 aromatic heterocycles. The van der Waals surface area contributed by atoms with Crippen LogP contribution < -0.4 is 4.90 Å². The number of anilines is 1. The molecule has 2 heterocycles. The van der Waals surface area contributed by atoms with Gasteiger partial charge in [-0.2, -0.15) is 0 Å². The van der Waals surface area contributed by atoms with Crippen LogP contribution in [0.25, 0.3) is 0 Å². The van der Waals surface area contributed by atoms with Crippen molar-refractivity contribution in [3.05, 3.63) is 22.3 Å². The fourth-order valence-electron chi connectivity index (χ4n) is 2.32. The van der Waals surface area contributed by atoms with E-state index in [9.17, 15) is 4.79 Å². The first-order chi connectivity index (χ1) is 8.09. The molecule has 0 spiro atoms. The van der Waals surface area contributed by atoms with Gasteiger partial charge in [0.2, 0.25) is 0 Å². The van der Waals surface area contributed by atoms with Crippen molar-refractivity contribution in [1.82, 2.24) is 4.98 Å². The molecule has 1 unspecified atom stereocenters. The minimum absolute atomic E-state index is 0.0109. The highest BCUT2D eigenvalue weighted by Crippen LogP contribution is 2.26. The highest BCUT2D eigenvalue weighted by molar-refractivity contribution is 9.10. The fraction of sp³-hybridized carbons (Fsp3) is 0.538. The van der Waals surface area contributed by atoms with E-state index < -0.39 is 0 Å². The van der Waals surface area contributed by atoms with Crippen molar-refractivity contribution in [2.75, 3.05) is 11.4 Å². The zero-order chi connectivity index (χ0) is 12.4. The van der Waals surface area contributed by atoms with Gasteiger partial charge in [-0.25, -0.2) is 4.98 Å². The fourth-order valence-corrected chi connectivity index (χ4v) is 2.54. The monoisotopic (exact) mass is 296 g/mol. The van der Waals surface area contributed by atoms with Gasteiger partial charge in [-0.3, -0.25) is 4.79 Å². The van der Waals surface area contributed by atoms with Crippen molar-refractivity contribution in [3.8, 4) is 0 Å². The van der Waals surface area contributed by atoms with Gasteiger partial charge in [0.15, 0.2) is 5.78 Å². The van der Waals surface area contributed by atoms with Gasteiger partial charge in [-0.1, -0.05) is 0 Å². The molecule has 92 valence electrons. The summed E-state index contributed by atoms with van der Waals surface area (Å²) in [7, 11) is 0. The van der Waals surface area contributed by atoms with E-state index in [1.54, 1.807) is 6.92 Å². The lowest BCUT2D eigenvalue weighted by molar-refractivity contribution is -0.118. The summed E-state index contributed by atoms with van der Waals surface area (Å²) in [4.78, 5) is 18.4. The zero-order valence-corrected chi connectivity index (χ0v) is 11.8. The summed E-state index contributed by atoms with van der Waals surface area (Å²) >= 11 is 3.45. The molecule has 2 rings (SSSR count). The SMILES string of the molecule is CC(=O)C1CCCCN1c1ccc(Br)c(C)n1. The Morgan fingerprint density at radius 3 is 2.88 bits per heavy atom. The van der Waals surface area contributed by atoms with E-state index in [0.717, 1.165) is 41.8 Å². The topological polar surface area (TPSA) is 33.2 Å². The van der Waals surface area contributed by atoms with E-state index in [0.29, 0.717) is 0 Å². The molecule has 1 atom stereocenters. The van der Waals surface area contributed by atoms with E-state index in [4.69, 9.17) is 0 Å². The van der Waals surface area contributed by atoms with Crippen molar-refractivity contribution < 1.29 is 4.79 Å². The normalized spacial score (nSPS) is 20.4. The largest absolute Gasteiger partial charge is 0.347 e. The molecule has 17 heavy (non-hydrogen) atoms. The smallest absolute Gasteiger partial charge is 0.152 e. The van der Waals surface area contributed by atoms with Crippen molar-refractivity contribution in [2.45, 2.75) is 39.2 Å². The maximum Gasteiger partial charge on any atom is 0.152 e. The average molecular weight is 297 g/mol. The third-order valence-corrected chi connectivity index (χ3v) is 4.11. The zero-order valence-electron chi connectivity index (χ0n) is 10.2. The number of pyridine rings is 1. The molecular formula is C13H17BrN2O. The Labute approximate surface area is 110 Å². The number of Topliss-reactive ketones (excluding diaryl/α,β-unsaturated/α-hetero) is 1. The molecule has 0 N–H and O–H groups in total. The van der Waals surface area contributed by atoms with Gasteiger partial charge >= 0.3 is 0 Å². The van der Waals surface area contributed by atoms with Crippen LogP contribution in [0.15, 0.2) is 16.6 Å². The van der Waals surface area contributed by atoms with E-state index >= 15 is 0 Å². The third kappa shape index (κ3) is 2.68. The number of carbonyl (C=O) groups is 1. The number of nitrogens with zero attached hydrogens (tertiary/aromatic N) is 2. The molecule has 1 aliphatic heterocycles. The Balaban J connectivity index is 2.29. The van der Waals surface area contributed by atoms with Crippen molar-refractivity contribution in [2.24, 2.45) is 0 Å². The molecule has 1 fully saturated rings. The lowest BCUT2D eigenvalue weighted by Crippen LogP contribution is -2.44. The first-order valence-electron chi connectivity index (χ1n) is 6.00. The second-order valence-corrected chi connectivity index (χ2v) is 5.41. The predicted octanol–water partition coefficient (Wildman–Crippen LogP) is 3.10. The molecule has 0 bridgehead atoms. The number of aromatic nitrogens is 1. The number of carbonyl (C=O) groups excluding carboxylic acids is 1. The first-order valence-corrected chi connectivity index (χ1v) is 6.79. The van der Waals surface area contributed by atoms with Crippen molar-refractivity contribution in [1.29, 1.82) is 0 Å². The van der Waals surface area contributed by atoms with Gasteiger partial charge in [0, 0.05) is 11.0 Å². The molecule has 0 radical (unpaired) electrons. The standard InChI is InChI=1S/C13H17BrN2O/c1-9-11(14)6-7-13(15-9)16-8-4-3-5-12(16)10(2)17/h6-7,12H,3-5,8H2,1-2H3. The minimum atomic E-state index is 0.0109. The predicted molar refractivity (Wildman–Crippen MR) is 72.3 cm³/mol. The number of ketones is 1. The highest BCUT2D eigenvalue weighted by Gasteiger charge is 2.27. The van der Waals surface area contributed by atoms with Gasteiger partial charge in [0.1, 0.15) is 5.82 Å². The van der Waals surface area contributed by atoms with Crippen LogP contribution in [0, 0.1) is 6.92 Å². The van der Waals surface area contributed by atoms with Gasteiger partial charge in [-0.05, 0) is 61.2 Å². The Morgan fingerprint density at radius 2 is 2.24 bits per heavy atom. The maximum atomic E-state index is 11.7. The lowest BCUT2D eigenvalue weighted by atomic mass is 9.99. The number of hydrogen-bond donors (Lipinski definition) is 0. The van der Waals surface area contributed by atoms with Crippen LogP contribution in [0.3, 0.4) is 0 Å². The van der Waals surface area contributed by atoms with Gasteiger partial charge < -0.3 is 4.90 Å². The van der Waals surface area contributed by atoms with Crippen LogP contribution in [0.1, 0.15) is 31.9 Å².